The van der Waals surface area contributed by atoms with Crippen molar-refractivity contribution in [2.75, 3.05) is 0 Å². The Balaban J connectivity index is 5.63. The molecule has 0 aliphatic heterocycles. The second-order valence-electron chi connectivity index (χ2n) is 6.77. The topological polar surface area (TPSA) is 20.2 Å². The van der Waals surface area contributed by atoms with Crippen LogP contribution in [0.25, 0.3) is 0 Å². The molecule has 0 fully saturated rings. The summed E-state index contributed by atoms with van der Waals surface area (Å²) in [4.78, 5) is 0. The van der Waals surface area contributed by atoms with Crippen molar-refractivity contribution in [3.05, 3.63) is 11.1 Å². The first-order chi connectivity index (χ1) is 9.09. The highest BCUT2D eigenvalue weighted by molar-refractivity contribution is 6.83. The van der Waals surface area contributed by atoms with Crippen molar-refractivity contribution >= 4 is 8.07 Å². The molecular formula is C18H30OSi. The maximum absolute atomic E-state index is 9.78. The van der Waals surface area contributed by atoms with Gasteiger partial charge in [0.2, 0.25) is 0 Å². The van der Waals surface area contributed by atoms with Crippen molar-refractivity contribution in [1.82, 2.24) is 0 Å². The summed E-state index contributed by atoms with van der Waals surface area (Å²) in [5.41, 5.74) is 4.79. The molecule has 0 heterocycles. The highest BCUT2D eigenvalue weighted by atomic mass is 28.3. The standard InChI is InChI=1S/C18H30OSi/c1-8-10-16(12-14-18(3,4)19)17(11-9-2)13-15-20(5,6)7/h19H,8-11H2,1-7H3/b17-16-. The van der Waals surface area contributed by atoms with Crippen LogP contribution in [0.3, 0.4) is 0 Å². The molecule has 0 spiro atoms. The van der Waals surface area contributed by atoms with Gasteiger partial charge in [-0.05, 0) is 26.7 Å². The summed E-state index contributed by atoms with van der Waals surface area (Å²) in [5.74, 6) is 9.50. The van der Waals surface area contributed by atoms with Crippen LogP contribution in [0, 0.1) is 23.3 Å². The lowest BCUT2D eigenvalue weighted by molar-refractivity contribution is 0.143. The lowest BCUT2D eigenvalue weighted by Crippen LogP contribution is -2.16. The van der Waals surface area contributed by atoms with E-state index >= 15 is 0 Å². The zero-order valence-electron chi connectivity index (χ0n) is 14.3. The van der Waals surface area contributed by atoms with Gasteiger partial charge in [-0.25, -0.2) is 0 Å². The first kappa shape index (κ1) is 19.0. The Morgan fingerprint density at radius 2 is 1.40 bits per heavy atom. The molecule has 2 heteroatoms. The number of hydrogen-bond donors (Lipinski definition) is 1. The molecule has 0 rings (SSSR count). The molecule has 20 heavy (non-hydrogen) atoms. The van der Waals surface area contributed by atoms with Gasteiger partial charge in [-0.3, -0.25) is 0 Å². The SMILES string of the molecule is CCC/C(C#CC(C)(C)O)=C(/C#C[Si](C)(C)C)CCC. The fourth-order valence-electron chi connectivity index (χ4n) is 1.57. The molecule has 0 radical (unpaired) electrons. The number of allylic oxidation sites excluding steroid dienone is 2. The van der Waals surface area contributed by atoms with Crippen LogP contribution in [0.15, 0.2) is 11.1 Å². The lowest BCUT2D eigenvalue weighted by Gasteiger charge is -2.09. The number of hydrogen-bond acceptors (Lipinski definition) is 1. The van der Waals surface area contributed by atoms with E-state index in [0.29, 0.717) is 0 Å². The maximum Gasteiger partial charge on any atom is 0.129 e. The van der Waals surface area contributed by atoms with Crippen LogP contribution in [0.4, 0.5) is 0 Å². The quantitative estimate of drug-likeness (QED) is 0.595. The van der Waals surface area contributed by atoms with Gasteiger partial charge in [0.25, 0.3) is 0 Å². The van der Waals surface area contributed by atoms with Gasteiger partial charge in [-0.15, -0.1) is 5.54 Å². The Hall–Kier alpha value is -0.963. The van der Waals surface area contributed by atoms with E-state index in [1.165, 1.54) is 5.57 Å². The number of rotatable bonds is 4. The summed E-state index contributed by atoms with van der Waals surface area (Å²) in [6.45, 7) is 14.5. The molecule has 0 aliphatic carbocycles. The van der Waals surface area contributed by atoms with Crippen LogP contribution in [0.1, 0.15) is 53.4 Å². The summed E-state index contributed by atoms with van der Waals surface area (Å²) in [6.07, 6.45) is 4.05. The Morgan fingerprint density at radius 1 is 0.950 bits per heavy atom. The van der Waals surface area contributed by atoms with Crippen molar-refractivity contribution in [2.24, 2.45) is 0 Å². The largest absolute Gasteiger partial charge is 0.378 e. The molecule has 112 valence electrons. The monoisotopic (exact) mass is 290 g/mol. The summed E-state index contributed by atoms with van der Waals surface area (Å²) in [6, 6.07) is 0. The summed E-state index contributed by atoms with van der Waals surface area (Å²) in [7, 11) is -1.37. The molecule has 0 bridgehead atoms. The van der Waals surface area contributed by atoms with Crippen LogP contribution in [-0.4, -0.2) is 18.8 Å². The molecule has 0 aromatic carbocycles. The second kappa shape index (κ2) is 8.35. The van der Waals surface area contributed by atoms with Gasteiger partial charge in [0.15, 0.2) is 0 Å². The van der Waals surface area contributed by atoms with Crippen LogP contribution in [0.5, 0.6) is 0 Å². The fraction of sp³-hybridized carbons (Fsp3) is 0.667. The van der Waals surface area contributed by atoms with Crippen molar-refractivity contribution in [3.63, 3.8) is 0 Å². The van der Waals surface area contributed by atoms with Crippen molar-refractivity contribution in [1.29, 1.82) is 0 Å². The van der Waals surface area contributed by atoms with Crippen LogP contribution < -0.4 is 0 Å². The van der Waals surface area contributed by atoms with Crippen LogP contribution >= 0.6 is 0 Å². The predicted molar refractivity (Wildman–Crippen MR) is 92.0 cm³/mol. The van der Waals surface area contributed by atoms with E-state index in [1.807, 2.05) is 0 Å². The maximum atomic E-state index is 9.78. The van der Waals surface area contributed by atoms with E-state index in [4.69, 9.17) is 0 Å². The van der Waals surface area contributed by atoms with Gasteiger partial charge in [-0.1, -0.05) is 64.1 Å². The Morgan fingerprint density at radius 3 is 1.75 bits per heavy atom. The van der Waals surface area contributed by atoms with E-state index < -0.39 is 13.7 Å². The zero-order valence-corrected chi connectivity index (χ0v) is 15.3. The molecule has 0 atom stereocenters. The average molecular weight is 291 g/mol. The van der Waals surface area contributed by atoms with Gasteiger partial charge in [0.1, 0.15) is 13.7 Å². The van der Waals surface area contributed by atoms with Gasteiger partial charge < -0.3 is 5.11 Å². The minimum absolute atomic E-state index is 0.942. The summed E-state index contributed by atoms with van der Waals surface area (Å²) >= 11 is 0. The molecular weight excluding hydrogens is 260 g/mol. The molecule has 0 unspecified atom stereocenters. The highest BCUT2D eigenvalue weighted by Gasteiger charge is 2.10. The van der Waals surface area contributed by atoms with Crippen LogP contribution in [-0.2, 0) is 0 Å². The smallest absolute Gasteiger partial charge is 0.129 e. The molecule has 0 saturated heterocycles. The molecule has 0 saturated carbocycles. The first-order valence-corrected chi connectivity index (χ1v) is 11.1. The van der Waals surface area contributed by atoms with Gasteiger partial charge in [-0.2, -0.15) is 0 Å². The third kappa shape index (κ3) is 9.90. The summed E-state index contributed by atoms with van der Waals surface area (Å²) < 4.78 is 0. The lowest BCUT2D eigenvalue weighted by atomic mass is 9.99. The molecule has 0 aromatic rings. The predicted octanol–water partition coefficient (Wildman–Crippen LogP) is 4.54. The first-order valence-electron chi connectivity index (χ1n) is 7.59. The molecule has 0 aromatic heterocycles. The summed E-state index contributed by atoms with van der Waals surface area (Å²) in [5, 5.41) is 9.78. The normalized spacial score (nSPS) is 12.8. The van der Waals surface area contributed by atoms with Crippen molar-refractivity contribution < 1.29 is 5.11 Å². The Kier molecular flexibility index (Phi) is 7.95. The fourth-order valence-corrected chi connectivity index (χ4v) is 2.09. The third-order valence-corrected chi connectivity index (χ3v) is 3.35. The Labute approximate surface area is 126 Å². The van der Waals surface area contributed by atoms with E-state index in [-0.39, 0.29) is 0 Å². The van der Waals surface area contributed by atoms with Gasteiger partial charge >= 0.3 is 0 Å². The number of aliphatic hydroxyl groups is 1. The van der Waals surface area contributed by atoms with E-state index in [1.54, 1.807) is 13.8 Å². The molecule has 0 aliphatic rings. The molecule has 1 N–H and O–H groups in total. The van der Waals surface area contributed by atoms with E-state index in [9.17, 15) is 5.11 Å². The minimum Gasteiger partial charge on any atom is -0.378 e. The third-order valence-electron chi connectivity index (χ3n) is 2.47. The van der Waals surface area contributed by atoms with E-state index in [0.717, 1.165) is 31.3 Å². The van der Waals surface area contributed by atoms with Crippen molar-refractivity contribution in [3.8, 4) is 23.3 Å². The minimum atomic E-state index is -1.37. The molecule has 0 amide bonds. The van der Waals surface area contributed by atoms with Gasteiger partial charge in [0.05, 0.1) is 0 Å². The van der Waals surface area contributed by atoms with Crippen molar-refractivity contribution in [2.45, 2.75) is 78.6 Å². The Bertz CT molecular complexity index is 406. The average Bonchev–Trinajstić information content (AvgIpc) is 2.28. The molecule has 1 nitrogen and oxygen atoms in total. The highest BCUT2D eigenvalue weighted by Crippen LogP contribution is 2.16. The van der Waals surface area contributed by atoms with Gasteiger partial charge in [0, 0.05) is 11.1 Å². The van der Waals surface area contributed by atoms with Crippen LogP contribution in [0.2, 0.25) is 19.6 Å². The second-order valence-corrected chi connectivity index (χ2v) is 11.5. The zero-order chi connectivity index (χ0) is 15.8. The van der Waals surface area contributed by atoms with E-state index in [2.05, 4.69) is 56.8 Å².